The first kappa shape index (κ1) is 12.3. The number of carbonyl (C=O) groups is 1. The number of hydrogen-bond donors (Lipinski definition) is 2. The smallest absolute Gasteiger partial charge is 0.333 e. The second-order valence-electron chi connectivity index (χ2n) is 4.79. The standard InChI is InChI=1S/C12H15N3O3S/c16-12-13-10-5-4-9(15-6-2-1-3-7-15)8-11(10)19(17,18)14-12/h4-5,8H,1-3,6-7H2,(H2,13,14,16). The Morgan fingerprint density at radius 3 is 2.58 bits per heavy atom. The summed E-state index contributed by atoms with van der Waals surface area (Å²) in [7, 11) is -3.74. The number of fused-ring (bicyclic) bond motifs is 1. The highest BCUT2D eigenvalue weighted by Crippen LogP contribution is 2.30. The van der Waals surface area contributed by atoms with E-state index in [1.807, 2.05) is 10.8 Å². The molecule has 2 N–H and O–H groups in total. The maximum atomic E-state index is 11.9. The lowest BCUT2D eigenvalue weighted by atomic mass is 10.1. The zero-order valence-corrected chi connectivity index (χ0v) is 11.2. The molecule has 2 heterocycles. The molecule has 0 saturated carbocycles. The van der Waals surface area contributed by atoms with Crippen LogP contribution in [0.5, 0.6) is 0 Å². The fourth-order valence-corrected chi connectivity index (χ4v) is 3.60. The van der Waals surface area contributed by atoms with Crippen molar-refractivity contribution in [3.05, 3.63) is 18.2 Å². The van der Waals surface area contributed by atoms with Crippen molar-refractivity contribution in [2.24, 2.45) is 0 Å². The molecule has 0 unspecified atom stereocenters. The Labute approximate surface area is 111 Å². The molecule has 0 radical (unpaired) electrons. The Hall–Kier alpha value is -1.76. The van der Waals surface area contributed by atoms with E-state index in [1.54, 1.807) is 12.1 Å². The van der Waals surface area contributed by atoms with Gasteiger partial charge in [0.2, 0.25) is 0 Å². The Kier molecular flexibility index (Phi) is 2.85. The normalized spacial score (nSPS) is 21.3. The highest BCUT2D eigenvalue weighted by atomic mass is 32.2. The first-order valence-corrected chi connectivity index (χ1v) is 7.77. The average molecular weight is 281 g/mol. The van der Waals surface area contributed by atoms with E-state index in [0.29, 0.717) is 5.69 Å². The molecule has 0 aromatic heterocycles. The number of nitrogens with one attached hydrogen (secondary N) is 2. The van der Waals surface area contributed by atoms with Gasteiger partial charge in [-0.2, -0.15) is 0 Å². The van der Waals surface area contributed by atoms with Gasteiger partial charge in [-0.3, -0.25) is 0 Å². The summed E-state index contributed by atoms with van der Waals surface area (Å²) in [6.45, 7) is 1.89. The van der Waals surface area contributed by atoms with Gasteiger partial charge in [-0.05, 0) is 37.5 Å². The minimum atomic E-state index is -3.74. The van der Waals surface area contributed by atoms with Crippen molar-refractivity contribution in [3.63, 3.8) is 0 Å². The van der Waals surface area contributed by atoms with Crippen LogP contribution in [0, 0.1) is 0 Å². The van der Waals surface area contributed by atoms with Gasteiger partial charge < -0.3 is 10.2 Å². The van der Waals surface area contributed by atoms with E-state index in [-0.39, 0.29) is 4.90 Å². The molecule has 19 heavy (non-hydrogen) atoms. The zero-order valence-electron chi connectivity index (χ0n) is 10.3. The maximum absolute atomic E-state index is 11.9. The number of piperidine rings is 1. The molecular weight excluding hydrogens is 266 g/mol. The van der Waals surface area contributed by atoms with Gasteiger partial charge in [-0.1, -0.05) is 0 Å². The van der Waals surface area contributed by atoms with Crippen molar-refractivity contribution in [2.45, 2.75) is 24.2 Å². The molecule has 0 aliphatic carbocycles. The minimum absolute atomic E-state index is 0.134. The number of rotatable bonds is 1. The molecule has 3 rings (SSSR count). The zero-order chi connectivity index (χ0) is 13.5. The largest absolute Gasteiger partial charge is 0.371 e. The van der Waals surface area contributed by atoms with Gasteiger partial charge in [-0.15, -0.1) is 0 Å². The number of benzene rings is 1. The van der Waals surface area contributed by atoms with E-state index >= 15 is 0 Å². The Morgan fingerprint density at radius 2 is 1.84 bits per heavy atom. The van der Waals surface area contributed by atoms with Gasteiger partial charge in [0.1, 0.15) is 4.90 Å². The Morgan fingerprint density at radius 1 is 1.11 bits per heavy atom. The summed E-state index contributed by atoms with van der Waals surface area (Å²) in [4.78, 5) is 13.5. The molecule has 0 bridgehead atoms. The molecule has 2 aliphatic rings. The molecule has 6 nitrogen and oxygen atoms in total. The van der Waals surface area contributed by atoms with E-state index in [1.165, 1.54) is 6.42 Å². The summed E-state index contributed by atoms with van der Waals surface area (Å²) in [5, 5.41) is 2.50. The van der Waals surface area contributed by atoms with Crippen molar-refractivity contribution in [2.75, 3.05) is 23.3 Å². The number of amides is 2. The topological polar surface area (TPSA) is 78.5 Å². The second kappa shape index (κ2) is 4.41. The summed E-state index contributed by atoms with van der Waals surface area (Å²) < 4.78 is 25.8. The molecule has 1 saturated heterocycles. The van der Waals surface area contributed by atoms with Gasteiger partial charge in [0.05, 0.1) is 5.69 Å². The molecule has 0 atom stereocenters. The number of anilines is 2. The highest BCUT2D eigenvalue weighted by molar-refractivity contribution is 7.90. The van der Waals surface area contributed by atoms with Gasteiger partial charge in [0, 0.05) is 18.8 Å². The number of hydrogen-bond acceptors (Lipinski definition) is 4. The Bertz CT molecular complexity index is 621. The SMILES string of the molecule is O=C1Nc2ccc(N3CCCCC3)cc2S(=O)(=O)N1. The van der Waals surface area contributed by atoms with Crippen molar-refractivity contribution < 1.29 is 13.2 Å². The lowest BCUT2D eigenvalue weighted by Gasteiger charge is -2.30. The quantitative estimate of drug-likeness (QED) is 0.817. The second-order valence-corrected chi connectivity index (χ2v) is 6.44. The lowest BCUT2D eigenvalue weighted by molar-refractivity contribution is 0.256. The number of carbonyl (C=O) groups excluding carboxylic acids is 1. The predicted molar refractivity (Wildman–Crippen MR) is 71.8 cm³/mol. The van der Waals surface area contributed by atoms with Gasteiger partial charge >= 0.3 is 6.03 Å². The number of nitrogens with zero attached hydrogens (tertiary/aromatic N) is 1. The summed E-state index contributed by atoms with van der Waals surface area (Å²) in [5.41, 5.74) is 1.23. The highest BCUT2D eigenvalue weighted by Gasteiger charge is 2.28. The first-order valence-electron chi connectivity index (χ1n) is 6.29. The van der Waals surface area contributed by atoms with Gasteiger partial charge in [0.25, 0.3) is 10.0 Å². The molecule has 1 aromatic carbocycles. The molecule has 1 fully saturated rings. The van der Waals surface area contributed by atoms with Crippen LogP contribution >= 0.6 is 0 Å². The third kappa shape index (κ3) is 2.25. The monoisotopic (exact) mass is 281 g/mol. The van der Waals surface area contributed by atoms with Crippen molar-refractivity contribution in [3.8, 4) is 0 Å². The maximum Gasteiger partial charge on any atom is 0.333 e. The molecule has 102 valence electrons. The van der Waals surface area contributed by atoms with E-state index in [0.717, 1.165) is 31.6 Å². The third-order valence-electron chi connectivity index (χ3n) is 3.45. The van der Waals surface area contributed by atoms with Crippen LogP contribution in [0.1, 0.15) is 19.3 Å². The van der Waals surface area contributed by atoms with Crippen LogP contribution in [0.15, 0.2) is 23.1 Å². The van der Waals surface area contributed by atoms with Crippen LogP contribution < -0.4 is 14.9 Å². The fraction of sp³-hybridized carbons (Fsp3) is 0.417. The van der Waals surface area contributed by atoms with E-state index in [2.05, 4.69) is 10.2 Å². The van der Waals surface area contributed by atoms with E-state index in [9.17, 15) is 13.2 Å². The predicted octanol–water partition coefficient (Wildman–Crippen LogP) is 1.50. The first-order chi connectivity index (χ1) is 9.06. The molecule has 7 heteroatoms. The molecule has 2 amide bonds. The minimum Gasteiger partial charge on any atom is -0.371 e. The van der Waals surface area contributed by atoms with Crippen molar-refractivity contribution in [1.29, 1.82) is 0 Å². The molecule has 0 spiro atoms. The lowest BCUT2D eigenvalue weighted by Crippen LogP contribution is -2.39. The van der Waals surface area contributed by atoms with Crippen LogP contribution in [-0.2, 0) is 10.0 Å². The van der Waals surface area contributed by atoms with Gasteiger partial charge in [-0.25, -0.2) is 17.9 Å². The van der Waals surface area contributed by atoms with E-state index < -0.39 is 16.1 Å². The number of urea groups is 1. The van der Waals surface area contributed by atoms with Crippen molar-refractivity contribution >= 4 is 27.4 Å². The number of sulfonamides is 1. The Balaban J connectivity index is 2.01. The summed E-state index contributed by atoms with van der Waals surface area (Å²) in [6, 6.07) is 4.42. The van der Waals surface area contributed by atoms with Gasteiger partial charge in [0.15, 0.2) is 0 Å². The van der Waals surface area contributed by atoms with Crippen LogP contribution in [0.3, 0.4) is 0 Å². The summed E-state index contributed by atoms with van der Waals surface area (Å²) in [6.07, 6.45) is 3.47. The molecule has 2 aliphatic heterocycles. The van der Waals surface area contributed by atoms with Crippen LogP contribution in [-0.4, -0.2) is 27.5 Å². The molecular formula is C12H15N3O3S. The van der Waals surface area contributed by atoms with E-state index in [4.69, 9.17) is 0 Å². The molecule has 1 aromatic rings. The third-order valence-corrected chi connectivity index (χ3v) is 4.82. The fourth-order valence-electron chi connectivity index (χ4n) is 2.51. The van der Waals surface area contributed by atoms with Crippen molar-refractivity contribution in [1.82, 2.24) is 4.72 Å². The summed E-state index contributed by atoms with van der Waals surface area (Å²) in [5.74, 6) is 0. The summed E-state index contributed by atoms with van der Waals surface area (Å²) >= 11 is 0. The van der Waals surface area contributed by atoms with Crippen LogP contribution in [0.25, 0.3) is 0 Å². The van der Waals surface area contributed by atoms with Crippen LogP contribution in [0.2, 0.25) is 0 Å². The van der Waals surface area contributed by atoms with Crippen LogP contribution in [0.4, 0.5) is 16.2 Å². The average Bonchev–Trinajstić information content (AvgIpc) is 2.38.